The topological polar surface area (TPSA) is 21.3 Å². The molecule has 0 saturated carbocycles. The van der Waals surface area contributed by atoms with Crippen LogP contribution in [0.4, 0.5) is 0 Å². The maximum atomic E-state index is 6.30. The molecule has 2 nitrogen and oxygen atoms in total. The van der Waals surface area contributed by atoms with Gasteiger partial charge in [0.15, 0.2) is 0 Å². The molecule has 0 spiro atoms. The van der Waals surface area contributed by atoms with E-state index >= 15 is 0 Å². The van der Waals surface area contributed by atoms with E-state index < -0.39 is 0 Å². The summed E-state index contributed by atoms with van der Waals surface area (Å²) in [6.07, 6.45) is 3.30. The third kappa shape index (κ3) is 2.61. The summed E-state index contributed by atoms with van der Waals surface area (Å²) in [5, 5.41) is 4.91. The highest BCUT2D eigenvalue weighted by Gasteiger charge is 2.36. The molecule has 1 aromatic rings. The number of benzene rings is 1. The van der Waals surface area contributed by atoms with Crippen LogP contribution in [-0.2, 0) is 0 Å². The third-order valence-corrected chi connectivity index (χ3v) is 3.86. The van der Waals surface area contributed by atoms with Crippen LogP contribution < -0.4 is 10.1 Å². The van der Waals surface area contributed by atoms with Gasteiger partial charge < -0.3 is 10.1 Å². The van der Waals surface area contributed by atoms with E-state index in [1.165, 1.54) is 0 Å². The third-order valence-electron chi connectivity index (χ3n) is 3.23. The SMILES string of the molecule is CCCNC1c2c(Cl)ccc(Cl)c2OC1CCC. The first-order chi connectivity index (χ1) is 8.69. The van der Waals surface area contributed by atoms with E-state index in [-0.39, 0.29) is 12.1 Å². The smallest absolute Gasteiger partial charge is 0.144 e. The fraction of sp³-hybridized carbons (Fsp3) is 0.571. The highest BCUT2D eigenvalue weighted by molar-refractivity contribution is 6.35. The molecular weight excluding hydrogens is 269 g/mol. The average Bonchev–Trinajstić information content (AvgIpc) is 2.72. The summed E-state index contributed by atoms with van der Waals surface area (Å²) in [5.74, 6) is 0.760. The lowest BCUT2D eigenvalue weighted by molar-refractivity contribution is 0.178. The van der Waals surface area contributed by atoms with Crippen molar-refractivity contribution in [1.29, 1.82) is 0 Å². The summed E-state index contributed by atoms with van der Waals surface area (Å²) in [7, 11) is 0. The van der Waals surface area contributed by atoms with Crippen molar-refractivity contribution in [3.63, 3.8) is 0 Å². The lowest BCUT2D eigenvalue weighted by atomic mass is 10.0. The molecule has 0 bridgehead atoms. The summed E-state index contributed by atoms with van der Waals surface area (Å²) in [4.78, 5) is 0. The second kappa shape index (κ2) is 6.14. The number of hydrogen-bond donors (Lipinski definition) is 1. The van der Waals surface area contributed by atoms with Crippen LogP contribution in [0.2, 0.25) is 10.0 Å². The van der Waals surface area contributed by atoms with E-state index in [9.17, 15) is 0 Å². The Balaban J connectivity index is 2.32. The lowest BCUT2D eigenvalue weighted by Crippen LogP contribution is -2.31. The van der Waals surface area contributed by atoms with Gasteiger partial charge in [0.2, 0.25) is 0 Å². The van der Waals surface area contributed by atoms with Crippen LogP contribution in [-0.4, -0.2) is 12.6 Å². The summed E-state index contributed by atoms with van der Waals surface area (Å²) >= 11 is 12.5. The van der Waals surface area contributed by atoms with Gasteiger partial charge in [0.05, 0.1) is 11.1 Å². The molecule has 18 heavy (non-hydrogen) atoms. The predicted octanol–water partition coefficient (Wildman–Crippen LogP) is 4.60. The van der Waals surface area contributed by atoms with Crippen LogP contribution >= 0.6 is 23.2 Å². The number of nitrogens with one attached hydrogen (secondary N) is 1. The summed E-state index contributed by atoms with van der Waals surface area (Å²) in [5.41, 5.74) is 1.02. The van der Waals surface area contributed by atoms with Crippen LogP contribution in [0.1, 0.15) is 44.7 Å². The van der Waals surface area contributed by atoms with Gasteiger partial charge in [0.1, 0.15) is 11.9 Å². The van der Waals surface area contributed by atoms with Crippen molar-refractivity contribution in [2.24, 2.45) is 0 Å². The van der Waals surface area contributed by atoms with Crippen molar-refractivity contribution in [3.8, 4) is 5.75 Å². The summed E-state index contributed by atoms with van der Waals surface area (Å²) in [6.45, 7) is 5.26. The Kier molecular flexibility index (Phi) is 4.77. The van der Waals surface area contributed by atoms with Crippen molar-refractivity contribution in [3.05, 3.63) is 27.7 Å². The van der Waals surface area contributed by atoms with E-state index in [0.717, 1.165) is 42.1 Å². The average molecular weight is 288 g/mol. The molecule has 2 atom stereocenters. The van der Waals surface area contributed by atoms with Gasteiger partial charge in [0, 0.05) is 10.6 Å². The van der Waals surface area contributed by atoms with Crippen molar-refractivity contribution < 1.29 is 4.74 Å². The highest BCUT2D eigenvalue weighted by atomic mass is 35.5. The second-order valence-electron chi connectivity index (χ2n) is 4.65. The first-order valence-electron chi connectivity index (χ1n) is 6.57. The number of rotatable bonds is 5. The molecule has 0 aliphatic carbocycles. The minimum absolute atomic E-state index is 0.133. The van der Waals surface area contributed by atoms with Crippen LogP contribution in [0.3, 0.4) is 0 Å². The van der Waals surface area contributed by atoms with Crippen molar-refractivity contribution in [2.75, 3.05) is 6.54 Å². The first kappa shape index (κ1) is 14.0. The molecule has 1 aromatic carbocycles. The summed E-state index contributed by atoms with van der Waals surface area (Å²) in [6, 6.07) is 3.81. The zero-order chi connectivity index (χ0) is 13.1. The molecule has 0 radical (unpaired) electrons. The molecule has 0 aromatic heterocycles. The van der Waals surface area contributed by atoms with E-state index in [0.29, 0.717) is 5.02 Å². The van der Waals surface area contributed by atoms with Gasteiger partial charge in [-0.3, -0.25) is 0 Å². The molecule has 1 heterocycles. The second-order valence-corrected chi connectivity index (χ2v) is 5.46. The highest BCUT2D eigenvalue weighted by Crippen LogP contribution is 2.46. The predicted molar refractivity (Wildman–Crippen MR) is 76.8 cm³/mol. The van der Waals surface area contributed by atoms with Gasteiger partial charge in [-0.2, -0.15) is 0 Å². The standard InChI is InChI=1S/C14H19Cl2NO/c1-3-5-11-13(17-8-4-2)12-9(15)6-7-10(16)14(12)18-11/h6-7,11,13,17H,3-5,8H2,1-2H3. The molecule has 100 valence electrons. The molecule has 0 saturated heterocycles. The van der Waals surface area contributed by atoms with Gasteiger partial charge in [-0.15, -0.1) is 0 Å². The van der Waals surface area contributed by atoms with E-state index in [1.54, 1.807) is 6.07 Å². The Labute approximate surface area is 119 Å². The van der Waals surface area contributed by atoms with E-state index in [2.05, 4.69) is 19.2 Å². The molecule has 2 rings (SSSR count). The first-order valence-corrected chi connectivity index (χ1v) is 7.32. The van der Waals surface area contributed by atoms with Gasteiger partial charge in [-0.05, 0) is 31.5 Å². The Morgan fingerprint density at radius 2 is 1.89 bits per heavy atom. The van der Waals surface area contributed by atoms with Crippen molar-refractivity contribution in [1.82, 2.24) is 5.32 Å². The Hall–Kier alpha value is -0.440. The minimum atomic E-state index is 0.133. The lowest BCUT2D eigenvalue weighted by Gasteiger charge is -2.20. The number of hydrogen-bond acceptors (Lipinski definition) is 2. The molecule has 0 fully saturated rings. The van der Waals surface area contributed by atoms with Crippen LogP contribution in [0, 0.1) is 0 Å². The fourth-order valence-corrected chi connectivity index (χ4v) is 2.88. The van der Waals surface area contributed by atoms with Gasteiger partial charge >= 0.3 is 0 Å². The van der Waals surface area contributed by atoms with E-state index in [1.807, 2.05) is 6.07 Å². The number of fused-ring (bicyclic) bond motifs is 1. The maximum absolute atomic E-state index is 6.30. The summed E-state index contributed by atoms with van der Waals surface area (Å²) < 4.78 is 5.99. The zero-order valence-electron chi connectivity index (χ0n) is 10.8. The number of halogens is 2. The molecule has 1 N–H and O–H groups in total. The monoisotopic (exact) mass is 287 g/mol. The molecule has 0 amide bonds. The zero-order valence-corrected chi connectivity index (χ0v) is 12.3. The fourth-order valence-electron chi connectivity index (χ4n) is 2.41. The Morgan fingerprint density at radius 1 is 1.17 bits per heavy atom. The van der Waals surface area contributed by atoms with Crippen LogP contribution in [0.5, 0.6) is 5.75 Å². The quantitative estimate of drug-likeness (QED) is 0.855. The Morgan fingerprint density at radius 3 is 2.56 bits per heavy atom. The van der Waals surface area contributed by atoms with E-state index in [4.69, 9.17) is 27.9 Å². The molecule has 4 heteroatoms. The van der Waals surface area contributed by atoms with Crippen molar-refractivity contribution >= 4 is 23.2 Å². The number of ether oxygens (including phenoxy) is 1. The van der Waals surface area contributed by atoms with Crippen LogP contribution in [0.15, 0.2) is 12.1 Å². The Bertz CT molecular complexity index is 423. The van der Waals surface area contributed by atoms with Gasteiger partial charge in [-0.1, -0.05) is 43.5 Å². The van der Waals surface area contributed by atoms with Gasteiger partial charge in [0.25, 0.3) is 0 Å². The van der Waals surface area contributed by atoms with Crippen LogP contribution in [0.25, 0.3) is 0 Å². The maximum Gasteiger partial charge on any atom is 0.144 e. The minimum Gasteiger partial charge on any atom is -0.486 e. The molecule has 1 aliphatic rings. The molecule has 2 unspecified atom stereocenters. The van der Waals surface area contributed by atoms with Crippen molar-refractivity contribution in [2.45, 2.75) is 45.3 Å². The molecular formula is C14H19Cl2NO. The normalized spacial score (nSPS) is 21.8. The van der Waals surface area contributed by atoms with Gasteiger partial charge in [-0.25, -0.2) is 0 Å². The molecule has 1 aliphatic heterocycles. The largest absolute Gasteiger partial charge is 0.486 e.